The first-order valence-electron chi connectivity index (χ1n) is 7.68. The van der Waals surface area contributed by atoms with E-state index in [2.05, 4.69) is 36.1 Å². The van der Waals surface area contributed by atoms with Gasteiger partial charge in [-0.3, -0.25) is 4.79 Å². The third kappa shape index (κ3) is 2.99. The lowest BCUT2D eigenvalue weighted by atomic mass is 9.96. The molecule has 2 nitrogen and oxygen atoms in total. The minimum Gasteiger partial charge on any atom is -0.368 e. The Bertz CT molecular complexity index is 620. The predicted octanol–water partition coefficient (Wildman–Crippen LogP) is 4.10. The largest absolute Gasteiger partial charge is 0.368 e. The SMILES string of the molecule is CC1CCc2ccccc2N1CCC(=O)c1ccccc1. The highest BCUT2D eigenvalue weighted by molar-refractivity contribution is 5.96. The number of Topliss-reactive ketones (excluding diaryl/α,β-unsaturated/α-hetero) is 1. The summed E-state index contributed by atoms with van der Waals surface area (Å²) in [4.78, 5) is 14.7. The number of hydrogen-bond donors (Lipinski definition) is 0. The van der Waals surface area contributed by atoms with E-state index in [1.54, 1.807) is 0 Å². The van der Waals surface area contributed by atoms with Gasteiger partial charge in [0.25, 0.3) is 0 Å². The van der Waals surface area contributed by atoms with E-state index in [0.717, 1.165) is 24.9 Å². The molecule has 0 spiro atoms. The number of para-hydroxylation sites is 1. The topological polar surface area (TPSA) is 20.3 Å². The van der Waals surface area contributed by atoms with Crippen molar-refractivity contribution in [1.82, 2.24) is 0 Å². The maximum atomic E-state index is 12.3. The van der Waals surface area contributed by atoms with Crippen LogP contribution >= 0.6 is 0 Å². The van der Waals surface area contributed by atoms with E-state index >= 15 is 0 Å². The second kappa shape index (κ2) is 6.13. The zero-order valence-corrected chi connectivity index (χ0v) is 12.5. The van der Waals surface area contributed by atoms with Crippen molar-refractivity contribution in [3.63, 3.8) is 0 Å². The summed E-state index contributed by atoms with van der Waals surface area (Å²) in [5.74, 6) is 0.228. The van der Waals surface area contributed by atoms with E-state index in [4.69, 9.17) is 0 Å². The van der Waals surface area contributed by atoms with Crippen LogP contribution < -0.4 is 4.90 Å². The molecular weight excluding hydrogens is 258 g/mol. The standard InChI is InChI=1S/C19H21NO/c1-15-11-12-16-7-5-6-10-18(16)20(15)14-13-19(21)17-8-3-2-4-9-17/h2-10,15H,11-14H2,1H3. The van der Waals surface area contributed by atoms with Gasteiger partial charge in [-0.25, -0.2) is 0 Å². The Labute approximate surface area is 126 Å². The van der Waals surface area contributed by atoms with Crippen molar-refractivity contribution in [2.24, 2.45) is 0 Å². The number of hydrogen-bond acceptors (Lipinski definition) is 2. The summed E-state index contributed by atoms with van der Waals surface area (Å²) < 4.78 is 0. The van der Waals surface area contributed by atoms with Crippen LogP contribution in [0, 0.1) is 0 Å². The molecule has 2 heteroatoms. The van der Waals surface area contributed by atoms with Crippen molar-refractivity contribution in [2.45, 2.75) is 32.2 Å². The van der Waals surface area contributed by atoms with Crippen molar-refractivity contribution in [1.29, 1.82) is 0 Å². The van der Waals surface area contributed by atoms with Gasteiger partial charge in [-0.2, -0.15) is 0 Å². The molecule has 1 unspecified atom stereocenters. The van der Waals surface area contributed by atoms with Crippen LogP contribution in [-0.2, 0) is 6.42 Å². The van der Waals surface area contributed by atoms with Crippen molar-refractivity contribution in [3.8, 4) is 0 Å². The molecule has 0 aromatic heterocycles. The van der Waals surface area contributed by atoms with Gasteiger partial charge in [0.2, 0.25) is 0 Å². The number of carbonyl (C=O) groups excluding carboxylic acids is 1. The molecule has 0 fully saturated rings. The van der Waals surface area contributed by atoms with Gasteiger partial charge in [0.1, 0.15) is 0 Å². The summed E-state index contributed by atoms with van der Waals surface area (Å²) in [6.07, 6.45) is 2.87. The molecule has 21 heavy (non-hydrogen) atoms. The van der Waals surface area contributed by atoms with Gasteiger partial charge < -0.3 is 4.90 Å². The average Bonchev–Trinajstić information content (AvgIpc) is 2.54. The lowest BCUT2D eigenvalue weighted by molar-refractivity contribution is 0.0984. The van der Waals surface area contributed by atoms with Crippen LogP contribution in [0.1, 0.15) is 35.7 Å². The highest BCUT2D eigenvalue weighted by Gasteiger charge is 2.22. The van der Waals surface area contributed by atoms with Gasteiger partial charge >= 0.3 is 0 Å². The van der Waals surface area contributed by atoms with E-state index < -0.39 is 0 Å². The number of carbonyl (C=O) groups is 1. The highest BCUT2D eigenvalue weighted by atomic mass is 16.1. The van der Waals surface area contributed by atoms with E-state index in [1.165, 1.54) is 11.3 Å². The fourth-order valence-corrected chi connectivity index (χ4v) is 3.09. The molecule has 0 aliphatic carbocycles. The second-order valence-electron chi connectivity index (χ2n) is 5.75. The van der Waals surface area contributed by atoms with Crippen LogP contribution in [0.4, 0.5) is 5.69 Å². The Morgan fingerprint density at radius 2 is 1.81 bits per heavy atom. The lowest BCUT2D eigenvalue weighted by Gasteiger charge is -2.37. The van der Waals surface area contributed by atoms with Crippen LogP contribution in [-0.4, -0.2) is 18.4 Å². The first-order chi connectivity index (χ1) is 10.3. The number of ketones is 1. The van der Waals surface area contributed by atoms with E-state index in [-0.39, 0.29) is 5.78 Å². The molecule has 1 aliphatic rings. The first kappa shape index (κ1) is 13.9. The quantitative estimate of drug-likeness (QED) is 0.785. The maximum absolute atomic E-state index is 12.3. The van der Waals surface area contributed by atoms with Crippen LogP contribution in [0.15, 0.2) is 54.6 Å². The molecule has 0 N–H and O–H groups in total. The minimum absolute atomic E-state index is 0.228. The molecule has 108 valence electrons. The molecule has 0 saturated heterocycles. The number of benzene rings is 2. The molecule has 1 heterocycles. The van der Waals surface area contributed by atoms with Crippen molar-refractivity contribution in [2.75, 3.05) is 11.4 Å². The second-order valence-corrected chi connectivity index (χ2v) is 5.75. The predicted molar refractivity (Wildman–Crippen MR) is 87.0 cm³/mol. The Balaban J connectivity index is 1.72. The van der Waals surface area contributed by atoms with Gasteiger partial charge in [0.15, 0.2) is 5.78 Å². The lowest BCUT2D eigenvalue weighted by Crippen LogP contribution is -2.38. The summed E-state index contributed by atoms with van der Waals surface area (Å²) in [5, 5.41) is 0. The number of fused-ring (bicyclic) bond motifs is 1. The van der Waals surface area contributed by atoms with Gasteiger partial charge in [0, 0.05) is 30.3 Å². The third-order valence-corrected chi connectivity index (χ3v) is 4.34. The molecule has 0 amide bonds. The monoisotopic (exact) mass is 279 g/mol. The first-order valence-corrected chi connectivity index (χ1v) is 7.68. The third-order valence-electron chi connectivity index (χ3n) is 4.34. The van der Waals surface area contributed by atoms with Gasteiger partial charge in [-0.15, -0.1) is 0 Å². The fraction of sp³-hybridized carbons (Fsp3) is 0.316. The smallest absolute Gasteiger partial charge is 0.164 e. The summed E-state index contributed by atoms with van der Waals surface area (Å²) >= 11 is 0. The number of anilines is 1. The minimum atomic E-state index is 0.228. The molecule has 1 atom stereocenters. The van der Waals surface area contributed by atoms with Crippen molar-refractivity contribution >= 4 is 11.5 Å². The van der Waals surface area contributed by atoms with E-state index in [9.17, 15) is 4.79 Å². The molecule has 0 radical (unpaired) electrons. The van der Waals surface area contributed by atoms with Crippen molar-refractivity contribution in [3.05, 3.63) is 65.7 Å². The number of nitrogens with zero attached hydrogens (tertiary/aromatic N) is 1. The van der Waals surface area contributed by atoms with E-state index in [0.29, 0.717) is 12.5 Å². The van der Waals surface area contributed by atoms with Crippen molar-refractivity contribution < 1.29 is 4.79 Å². The fourth-order valence-electron chi connectivity index (χ4n) is 3.09. The maximum Gasteiger partial charge on any atom is 0.164 e. The van der Waals surface area contributed by atoms with Gasteiger partial charge in [-0.05, 0) is 31.4 Å². The summed E-state index contributed by atoms with van der Waals surface area (Å²) in [5.41, 5.74) is 3.52. The molecule has 0 saturated carbocycles. The summed E-state index contributed by atoms with van der Waals surface area (Å²) in [6, 6.07) is 18.7. The van der Waals surface area contributed by atoms with Gasteiger partial charge in [0.05, 0.1) is 0 Å². The molecule has 2 aromatic rings. The van der Waals surface area contributed by atoms with Crippen LogP contribution in [0.2, 0.25) is 0 Å². The molecule has 3 rings (SSSR count). The normalized spacial score (nSPS) is 17.4. The summed E-state index contributed by atoms with van der Waals surface area (Å²) in [7, 11) is 0. The van der Waals surface area contributed by atoms with Crippen LogP contribution in [0.25, 0.3) is 0 Å². The van der Waals surface area contributed by atoms with Gasteiger partial charge in [-0.1, -0.05) is 48.5 Å². The molecular formula is C19H21NO. The summed E-state index contributed by atoms with van der Waals surface area (Å²) in [6.45, 7) is 3.05. The zero-order valence-electron chi connectivity index (χ0n) is 12.5. The molecule has 1 aliphatic heterocycles. The number of aryl methyl sites for hydroxylation is 1. The van der Waals surface area contributed by atoms with Crippen LogP contribution in [0.3, 0.4) is 0 Å². The Morgan fingerprint density at radius 3 is 2.62 bits per heavy atom. The zero-order chi connectivity index (χ0) is 14.7. The average molecular weight is 279 g/mol. The molecule has 0 bridgehead atoms. The Hall–Kier alpha value is -2.09. The number of rotatable bonds is 4. The Kier molecular flexibility index (Phi) is 4.05. The Morgan fingerprint density at radius 1 is 1.10 bits per heavy atom. The van der Waals surface area contributed by atoms with Crippen LogP contribution in [0.5, 0.6) is 0 Å². The molecule has 2 aromatic carbocycles. The highest BCUT2D eigenvalue weighted by Crippen LogP contribution is 2.30. The van der Waals surface area contributed by atoms with E-state index in [1.807, 2.05) is 30.3 Å².